The summed E-state index contributed by atoms with van der Waals surface area (Å²) in [4.78, 5) is 32.4. The van der Waals surface area contributed by atoms with Crippen molar-refractivity contribution in [1.29, 1.82) is 0 Å². The van der Waals surface area contributed by atoms with Gasteiger partial charge in [-0.2, -0.15) is 0 Å². The molecule has 1 atom stereocenters. The first-order chi connectivity index (χ1) is 17.9. The molecule has 0 radical (unpaired) electrons. The van der Waals surface area contributed by atoms with Crippen LogP contribution in [0.5, 0.6) is 11.5 Å². The summed E-state index contributed by atoms with van der Waals surface area (Å²) in [5.74, 6) is 0.305. The van der Waals surface area contributed by atoms with Gasteiger partial charge in [0.1, 0.15) is 11.5 Å². The smallest absolute Gasteiger partial charge is 0.271 e. The molecule has 0 unspecified atom stereocenters. The van der Waals surface area contributed by atoms with E-state index in [4.69, 9.17) is 16.3 Å². The van der Waals surface area contributed by atoms with E-state index in [1.807, 2.05) is 30.3 Å². The summed E-state index contributed by atoms with van der Waals surface area (Å²) in [6.07, 6.45) is 1.58. The quantitative estimate of drug-likeness (QED) is 0.403. The standard InChI is InChI=1S/C28H22ClN3O4S/c1-16-24(26(34)31-20-6-4-3-5-7-20)25(17-8-11-21(36-2)12-9-17)32-27(35)23(37-28(32)30-16)15-18-14-19(29)10-13-22(18)33/h3-15,25,33H,1-2H3,(H,31,34)/b23-15+/t25-/m0/s1. The van der Waals surface area contributed by atoms with Crippen LogP contribution in [0.25, 0.3) is 6.08 Å². The normalized spacial score (nSPS) is 15.2. The first-order valence-corrected chi connectivity index (χ1v) is 12.6. The van der Waals surface area contributed by atoms with Crippen LogP contribution < -0.4 is 24.9 Å². The van der Waals surface area contributed by atoms with Crippen molar-refractivity contribution in [2.45, 2.75) is 13.0 Å². The number of anilines is 1. The summed E-state index contributed by atoms with van der Waals surface area (Å²) in [6.45, 7) is 1.76. The number of amides is 1. The maximum absolute atomic E-state index is 13.7. The molecule has 0 saturated heterocycles. The van der Waals surface area contributed by atoms with Crippen molar-refractivity contribution in [1.82, 2.24) is 4.57 Å². The molecular formula is C28H22ClN3O4S. The highest BCUT2D eigenvalue weighted by molar-refractivity contribution is 7.07. The van der Waals surface area contributed by atoms with Crippen LogP contribution in [-0.4, -0.2) is 22.7 Å². The van der Waals surface area contributed by atoms with E-state index < -0.39 is 6.04 Å². The van der Waals surface area contributed by atoms with Gasteiger partial charge in [-0.1, -0.05) is 53.3 Å². The molecule has 37 heavy (non-hydrogen) atoms. The van der Waals surface area contributed by atoms with Crippen molar-refractivity contribution in [3.8, 4) is 11.5 Å². The fourth-order valence-corrected chi connectivity index (χ4v) is 5.43. The number of nitrogens with zero attached hydrogens (tertiary/aromatic N) is 2. The van der Waals surface area contributed by atoms with Gasteiger partial charge in [0.25, 0.3) is 11.5 Å². The molecule has 0 spiro atoms. The molecule has 2 N–H and O–H groups in total. The van der Waals surface area contributed by atoms with E-state index in [0.717, 1.165) is 5.56 Å². The molecule has 1 aliphatic rings. The highest BCUT2D eigenvalue weighted by atomic mass is 35.5. The van der Waals surface area contributed by atoms with E-state index in [9.17, 15) is 14.7 Å². The average Bonchev–Trinajstić information content (AvgIpc) is 3.20. The van der Waals surface area contributed by atoms with E-state index in [2.05, 4.69) is 10.3 Å². The average molecular weight is 532 g/mol. The SMILES string of the molecule is COc1ccc([C@H]2C(C(=O)Nc3ccccc3)=C(C)N=c3s/c(=C/c4cc(Cl)ccc4O)c(=O)n32)cc1. The van der Waals surface area contributed by atoms with Crippen LogP contribution in [-0.2, 0) is 4.79 Å². The van der Waals surface area contributed by atoms with Crippen molar-refractivity contribution >= 4 is 40.6 Å². The molecule has 3 aromatic carbocycles. The molecule has 0 fully saturated rings. The van der Waals surface area contributed by atoms with E-state index in [1.54, 1.807) is 56.5 Å². The minimum atomic E-state index is -0.721. The van der Waals surface area contributed by atoms with Crippen molar-refractivity contribution in [2.75, 3.05) is 12.4 Å². The van der Waals surface area contributed by atoms with E-state index in [-0.39, 0.29) is 17.2 Å². The van der Waals surface area contributed by atoms with Gasteiger partial charge in [0.15, 0.2) is 4.80 Å². The molecule has 5 rings (SSSR count). The lowest BCUT2D eigenvalue weighted by Gasteiger charge is -2.25. The fraction of sp³-hybridized carbons (Fsp3) is 0.107. The van der Waals surface area contributed by atoms with E-state index in [1.165, 1.54) is 22.0 Å². The minimum Gasteiger partial charge on any atom is -0.507 e. The van der Waals surface area contributed by atoms with Crippen LogP contribution in [0.3, 0.4) is 0 Å². The number of benzene rings is 3. The third-order valence-electron chi connectivity index (χ3n) is 6.01. The monoisotopic (exact) mass is 531 g/mol. The molecule has 4 aromatic rings. The van der Waals surface area contributed by atoms with Crippen LogP contribution in [0.4, 0.5) is 5.69 Å². The number of hydrogen-bond donors (Lipinski definition) is 2. The van der Waals surface area contributed by atoms with Gasteiger partial charge in [0, 0.05) is 16.3 Å². The predicted molar refractivity (Wildman–Crippen MR) is 145 cm³/mol. The van der Waals surface area contributed by atoms with Crippen LogP contribution >= 0.6 is 22.9 Å². The number of carbonyl (C=O) groups excluding carboxylic acids is 1. The fourth-order valence-electron chi connectivity index (χ4n) is 4.22. The second-order valence-corrected chi connectivity index (χ2v) is 9.82. The second-order valence-electron chi connectivity index (χ2n) is 8.38. The summed E-state index contributed by atoms with van der Waals surface area (Å²) in [6, 6.07) is 20.3. The van der Waals surface area contributed by atoms with Crippen LogP contribution in [0.2, 0.25) is 5.02 Å². The summed E-state index contributed by atoms with van der Waals surface area (Å²) in [5, 5.41) is 13.6. The number of aromatic hydroxyl groups is 1. The molecule has 0 saturated carbocycles. The lowest BCUT2D eigenvalue weighted by molar-refractivity contribution is -0.113. The summed E-state index contributed by atoms with van der Waals surface area (Å²) >= 11 is 7.28. The highest BCUT2D eigenvalue weighted by Gasteiger charge is 2.32. The molecule has 2 heterocycles. The summed E-state index contributed by atoms with van der Waals surface area (Å²) in [5.41, 5.74) is 2.31. The number of ether oxygens (including phenoxy) is 1. The van der Waals surface area contributed by atoms with Crippen molar-refractivity contribution in [3.05, 3.63) is 120 Å². The highest BCUT2D eigenvalue weighted by Crippen LogP contribution is 2.32. The van der Waals surface area contributed by atoms with Gasteiger partial charge in [-0.05, 0) is 61.0 Å². The molecule has 186 valence electrons. The molecular weight excluding hydrogens is 510 g/mol. The number of thiazole rings is 1. The first kappa shape index (κ1) is 24.5. The molecule has 0 aliphatic carbocycles. The van der Waals surface area contributed by atoms with Gasteiger partial charge in [0.05, 0.1) is 29.0 Å². The zero-order valence-electron chi connectivity index (χ0n) is 19.9. The maximum Gasteiger partial charge on any atom is 0.271 e. The lowest BCUT2D eigenvalue weighted by Crippen LogP contribution is -2.40. The molecule has 1 aliphatic heterocycles. The van der Waals surface area contributed by atoms with Crippen molar-refractivity contribution in [2.24, 2.45) is 4.99 Å². The van der Waals surface area contributed by atoms with Gasteiger partial charge >= 0.3 is 0 Å². The van der Waals surface area contributed by atoms with E-state index >= 15 is 0 Å². The number of nitrogens with one attached hydrogen (secondary N) is 1. The summed E-state index contributed by atoms with van der Waals surface area (Å²) < 4.78 is 7.17. The number of aromatic nitrogens is 1. The number of methoxy groups -OCH3 is 1. The van der Waals surface area contributed by atoms with E-state index in [0.29, 0.717) is 42.6 Å². The first-order valence-electron chi connectivity index (χ1n) is 11.4. The molecule has 7 nitrogen and oxygen atoms in total. The van der Waals surface area contributed by atoms with Crippen molar-refractivity contribution in [3.63, 3.8) is 0 Å². The number of rotatable bonds is 5. The van der Waals surface area contributed by atoms with Crippen LogP contribution in [0, 0.1) is 0 Å². The zero-order chi connectivity index (χ0) is 26.1. The minimum absolute atomic E-state index is 0.000971. The number of phenolic OH excluding ortho intramolecular Hbond substituents is 1. The number of halogens is 1. The third-order valence-corrected chi connectivity index (χ3v) is 7.22. The van der Waals surface area contributed by atoms with Crippen LogP contribution in [0.1, 0.15) is 24.1 Å². The molecule has 1 aromatic heterocycles. The number of phenols is 1. The van der Waals surface area contributed by atoms with Gasteiger partial charge in [-0.3, -0.25) is 14.2 Å². The Kier molecular flexibility index (Phi) is 6.69. The Hall–Kier alpha value is -4.14. The zero-order valence-corrected chi connectivity index (χ0v) is 21.5. The molecule has 0 bridgehead atoms. The number of hydrogen-bond acceptors (Lipinski definition) is 6. The number of para-hydroxylation sites is 1. The second kappa shape index (κ2) is 10.1. The Morgan fingerprint density at radius 3 is 2.57 bits per heavy atom. The molecule has 1 amide bonds. The number of fused-ring (bicyclic) bond motifs is 1. The van der Waals surface area contributed by atoms with Gasteiger partial charge in [-0.25, -0.2) is 4.99 Å². The number of carbonyl (C=O) groups is 1. The van der Waals surface area contributed by atoms with Crippen molar-refractivity contribution < 1.29 is 14.6 Å². The summed E-state index contributed by atoms with van der Waals surface area (Å²) in [7, 11) is 1.58. The Balaban J connectivity index is 1.69. The van der Waals surface area contributed by atoms with Crippen LogP contribution in [0.15, 0.2) is 93.9 Å². The topological polar surface area (TPSA) is 92.9 Å². The number of allylic oxidation sites excluding steroid dienone is 1. The van der Waals surface area contributed by atoms with Gasteiger partial charge < -0.3 is 15.2 Å². The third kappa shape index (κ3) is 4.81. The van der Waals surface area contributed by atoms with Gasteiger partial charge in [0.2, 0.25) is 0 Å². The Labute approximate surface area is 221 Å². The Morgan fingerprint density at radius 2 is 1.86 bits per heavy atom. The lowest BCUT2D eigenvalue weighted by atomic mass is 9.95. The Morgan fingerprint density at radius 1 is 1.14 bits per heavy atom. The Bertz CT molecular complexity index is 1710. The maximum atomic E-state index is 13.7. The van der Waals surface area contributed by atoms with Gasteiger partial charge in [-0.15, -0.1) is 0 Å². The largest absolute Gasteiger partial charge is 0.507 e. The predicted octanol–water partition coefficient (Wildman–Crippen LogP) is 4.24. The molecule has 9 heteroatoms.